The average molecular weight is 430 g/mol. The van der Waals surface area contributed by atoms with Gasteiger partial charge in [0.1, 0.15) is 6.61 Å². The first-order valence-electron chi connectivity index (χ1n) is 10.2. The number of carbonyl (C=O) groups is 2. The number of amides is 1. The molecule has 4 N–H and O–H groups in total. The number of aromatic nitrogens is 2. The molecule has 1 aliphatic carbocycles. The number of hydrogen-bond donors (Lipinski definition) is 3. The topological polar surface area (TPSA) is 127 Å². The van der Waals surface area contributed by atoms with Crippen LogP contribution in [0.4, 0.5) is 10.6 Å². The molecule has 3 aromatic rings. The fourth-order valence-corrected chi connectivity index (χ4v) is 3.76. The molecule has 1 aliphatic rings. The molecule has 32 heavy (non-hydrogen) atoms. The number of benzene rings is 2. The number of carbonyl (C=O) groups excluding carboxylic acids is 1. The van der Waals surface area contributed by atoms with Crippen molar-refractivity contribution in [2.24, 2.45) is 0 Å². The molecule has 4 rings (SSSR count). The predicted octanol–water partition coefficient (Wildman–Crippen LogP) is 3.70. The van der Waals surface area contributed by atoms with Crippen LogP contribution in [0.15, 0.2) is 60.8 Å². The number of anilines is 1. The van der Waals surface area contributed by atoms with Gasteiger partial charge in [-0.15, -0.1) is 0 Å². The molecule has 0 spiro atoms. The maximum Gasteiger partial charge on any atom is 0.407 e. The summed E-state index contributed by atoms with van der Waals surface area (Å²) in [4.78, 5) is 30.9. The first kappa shape index (κ1) is 21.0. The van der Waals surface area contributed by atoms with Gasteiger partial charge in [-0.05, 0) is 34.8 Å². The van der Waals surface area contributed by atoms with E-state index in [1.165, 1.54) is 17.3 Å². The second-order valence-electron chi connectivity index (χ2n) is 7.28. The van der Waals surface area contributed by atoms with E-state index >= 15 is 0 Å². The second kappa shape index (κ2) is 9.30. The molecule has 162 valence electrons. The lowest BCUT2D eigenvalue weighted by Gasteiger charge is -2.14. The number of carboxylic acid groups (broad SMARTS) is 1. The Morgan fingerprint density at radius 1 is 1.09 bits per heavy atom. The van der Waals surface area contributed by atoms with Crippen molar-refractivity contribution in [3.63, 3.8) is 0 Å². The largest absolute Gasteiger partial charge is 0.476 e. The monoisotopic (exact) mass is 430 g/mol. The van der Waals surface area contributed by atoms with Crippen LogP contribution in [0.3, 0.4) is 0 Å². The number of hydrogen-bond acceptors (Lipinski definition) is 6. The highest BCUT2D eigenvalue weighted by Crippen LogP contribution is 2.44. The van der Waals surface area contributed by atoms with E-state index in [0.717, 1.165) is 11.1 Å². The molecule has 0 unspecified atom stereocenters. The third-order valence-corrected chi connectivity index (χ3v) is 5.23. The Balaban J connectivity index is 1.27. The van der Waals surface area contributed by atoms with Crippen molar-refractivity contribution in [3.05, 3.63) is 83.3 Å². The molecular weight excluding hydrogens is 408 g/mol. The molecule has 1 heterocycles. The summed E-state index contributed by atoms with van der Waals surface area (Å²) >= 11 is 0. The number of rotatable bonds is 7. The van der Waals surface area contributed by atoms with Crippen molar-refractivity contribution in [2.45, 2.75) is 12.3 Å². The molecule has 0 bridgehead atoms. The van der Waals surface area contributed by atoms with Gasteiger partial charge in [0.25, 0.3) is 0 Å². The summed E-state index contributed by atoms with van der Waals surface area (Å²) in [6.45, 7) is 0.621. The molecule has 0 saturated carbocycles. The standard InChI is InChI=1S/C24H22N4O4/c25-22-21(23(29)30)28-15(13-27-22)7-5-6-12-26-24(31)32-14-20-18-10-3-1-8-16(18)17-9-2-4-11-19(17)20/h1-5,7-11,13,20H,6,12,14H2,(H2,25,27)(H,26,31)(H,29,30). The fourth-order valence-electron chi connectivity index (χ4n) is 3.76. The normalized spacial score (nSPS) is 12.4. The molecule has 2 aromatic carbocycles. The number of alkyl carbamates (subject to hydrolysis) is 1. The van der Waals surface area contributed by atoms with E-state index in [2.05, 4.69) is 39.6 Å². The lowest BCUT2D eigenvalue weighted by atomic mass is 9.98. The third kappa shape index (κ3) is 4.44. The summed E-state index contributed by atoms with van der Waals surface area (Å²) in [6, 6.07) is 16.3. The summed E-state index contributed by atoms with van der Waals surface area (Å²) in [5.41, 5.74) is 10.3. The fraction of sp³-hybridized carbons (Fsp3) is 0.167. The minimum absolute atomic E-state index is 0.0144. The number of nitrogen functional groups attached to an aromatic ring is 1. The van der Waals surface area contributed by atoms with Gasteiger partial charge in [-0.1, -0.05) is 54.6 Å². The zero-order valence-electron chi connectivity index (χ0n) is 17.2. The van der Waals surface area contributed by atoms with Crippen LogP contribution in [0.5, 0.6) is 0 Å². The Labute approximate surface area is 184 Å². The van der Waals surface area contributed by atoms with E-state index in [9.17, 15) is 9.59 Å². The Morgan fingerprint density at radius 2 is 1.75 bits per heavy atom. The molecular formula is C24H22N4O4. The highest BCUT2D eigenvalue weighted by Gasteiger charge is 2.28. The lowest BCUT2D eigenvalue weighted by molar-refractivity contribution is 0.0691. The van der Waals surface area contributed by atoms with Gasteiger partial charge < -0.3 is 20.9 Å². The summed E-state index contributed by atoms with van der Waals surface area (Å²) in [6.07, 6.45) is 4.80. The van der Waals surface area contributed by atoms with Crippen LogP contribution >= 0.6 is 0 Å². The van der Waals surface area contributed by atoms with E-state index in [1.54, 1.807) is 12.2 Å². The van der Waals surface area contributed by atoms with Gasteiger partial charge in [0.15, 0.2) is 11.5 Å². The molecule has 0 aliphatic heterocycles. The van der Waals surface area contributed by atoms with Gasteiger partial charge >= 0.3 is 12.1 Å². The highest BCUT2D eigenvalue weighted by atomic mass is 16.5. The molecule has 0 atom stereocenters. The van der Waals surface area contributed by atoms with E-state index in [-0.39, 0.29) is 24.0 Å². The number of carboxylic acids is 1. The Kier molecular flexibility index (Phi) is 6.12. The van der Waals surface area contributed by atoms with Gasteiger partial charge in [0.05, 0.1) is 11.9 Å². The zero-order chi connectivity index (χ0) is 22.5. The number of nitrogens with one attached hydrogen (secondary N) is 1. The van der Waals surface area contributed by atoms with E-state index in [0.29, 0.717) is 18.7 Å². The van der Waals surface area contributed by atoms with Gasteiger partial charge in [-0.25, -0.2) is 19.6 Å². The Bertz CT molecular complexity index is 1150. The van der Waals surface area contributed by atoms with Crippen LogP contribution in [0.2, 0.25) is 0 Å². The van der Waals surface area contributed by atoms with Gasteiger partial charge in [-0.2, -0.15) is 0 Å². The van der Waals surface area contributed by atoms with Crippen LogP contribution in [-0.4, -0.2) is 40.3 Å². The number of nitrogens with two attached hydrogens (primary N) is 1. The first-order chi connectivity index (χ1) is 15.5. The maximum absolute atomic E-state index is 12.2. The van der Waals surface area contributed by atoms with Gasteiger partial charge in [0, 0.05) is 12.5 Å². The van der Waals surface area contributed by atoms with E-state index in [4.69, 9.17) is 15.6 Å². The summed E-state index contributed by atoms with van der Waals surface area (Å²) in [7, 11) is 0. The first-order valence-corrected chi connectivity index (χ1v) is 10.2. The number of ether oxygens (including phenoxy) is 1. The van der Waals surface area contributed by atoms with E-state index < -0.39 is 12.1 Å². The van der Waals surface area contributed by atoms with Crippen molar-refractivity contribution >= 4 is 24.0 Å². The third-order valence-electron chi connectivity index (χ3n) is 5.23. The van der Waals surface area contributed by atoms with Crippen LogP contribution < -0.4 is 11.1 Å². The summed E-state index contributed by atoms with van der Waals surface area (Å²) in [5.74, 6) is -1.35. The van der Waals surface area contributed by atoms with Crippen molar-refractivity contribution < 1.29 is 19.4 Å². The van der Waals surface area contributed by atoms with Gasteiger partial charge in [0.2, 0.25) is 0 Å². The van der Waals surface area contributed by atoms with Crippen molar-refractivity contribution in [1.29, 1.82) is 0 Å². The van der Waals surface area contributed by atoms with Crippen LogP contribution in [-0.2, 0) is 4.74 Å². The average Bonchev–Trinajstić information content (AvgIpc) is 3.12. The molecule has 0 fully saturated rings. The highest BCUT2D eigenvalue weighted by molar-refractivity contribution is 5.90. The lowest BCUT2D eigenvalue weighted by Crippen LogP contribution is -2.26. The SMILES string of the molecule is Nc1ncc(C=CCCNC(=O)OCC2c3ccccc3-c3ccccc32)nc1C(=O)O. The number of nitrogens with zero attached hydrogens (tertiary/aromatic N) is 2. The molecule has 1 aromatic heterocycles. The van der Waals surface area contributed by atoms with Crippen LogP contribution in [0.25, 0.3) is 17.2 Å². The van der Waals surface area contributed by atoms with E-state index in [1.807, 2.05) is 24.3 Å². The van der Waals surface area contributed by atoms with Crippen molar-refractivity contribution in [1.82, 2.24) is 15.3 Å². The number of fused-ring (bicyclic) bond motifs is 3. The predicted molar refractivity (Wildman–Crippen MR) is 120 cm³/mol. The molecule has 8 nitrogen and oxygen atoms in total. The zero-order valence-corrected chi connectivity index (χ0v) is 17.2. The second-order valence-corrected chi connectivity index (χ2v) is 7.28. The Hall–Kier alpha value is -4.20. The molecule has 0 radical (unpaired) electrons. The molecule has 0 saturated heterocycles. The Morgan fingerprint density at radius 3 is 2.41 bits per heavy atom. The quantitative estimate of drug-likeness (QED) is 0.488. The maximum atomic E-state index is 12.2. The molecule has 8 heteroatoms. The van der Waals surface area contributed by atoms with Crippen molar-refractivity contribution in [3.8, 4) is 11.1 Å². The minimum Gasteiger partial charge on any atom is -0.476 e. The molecule has 1 amide bonds. The van der Waals surface area contributed by atoms with Crippen molar-refractivity contribution in [2.75, 3.05) is 18.9 Å². The van der Waals surface area contributed by atoms with Crippen LogP contribution in [0, 0.1) is 0 Å². The number of aromatic carboxylic acids is 1. The summed E-state index contributed by atoms with van der Waals surface area (Å²) < 4.78 is 5.48. The van der Waals surface area contributed by atoms with Gasteiger partial charge in [-0.3, -0.25) is 0 Å². The van der Waals surface area contributed by atoms with Crippen LogP contribution in [0.1, 0.15) is 39.6 Å². The minimum atomic E-state index is -1.23. The smallest absolute Gasteiger partial charge is 0.407 e. The summed E-state index contributed by atoms with van der Waals surface area (Å²) in [5, 5.41) is 11.7.